The molecule has 0 spiro atoms. The van der Waals surface area contributed by atoms with E-state index in [0.717, 1.165) is 15.7 Å². The highest BCUT2D eigenvalue weighted by Gasteiger charge is 2.08. The number of carbonyl (C=O) groups excluding carboxylic acids is 1. The quantitative estimate of drug-likeness (QED) is 0.907. The van der Waals surface area contributed by atoms with Crippen LogP contribution >= 0.6 is 15.9 Å². The highest BCUT2D eigenvalue weighted by Crippen LogP contribution is 2.14. The zero-order valence-electron chi connectivity index (χ0n) is 10.6. The van der Waals surface area contributed by atoms with Crippen LogP contribution in [0.3, 0.4) is 0 Å². The summed E-state index contributed by atoms with van der Waals surface area (Å²) in [5, 5.41) is 2.86. The van der Waals surface area contributed by atoms with Crippen molar-refractivity contribution in [2.75, 3.05) is 12.4 Å². The summed E-state index contributed by atoms with van der Waals surface area (Å²) < 4.78 is 0.989. The van der Waals surface area contributed by atoms with Gasteiger partial charge in [-0.2, -0.15) is 0 Å². The molecule has 0 saturated carbocycles. The summed E-state index contributed by atoms with van der Waals surface area (Å²) in [7, 11) is 1.78. The van der Waals surface area contributed by atoms with Crippen molar-refractivity contribution in [1.82, 2.24) is 4.90 Å². The van der Waals surface area contributed by atoms with Crippen molar-refractivity contribution in [2.24, 2.45) is 0 Å². The molecule has 2 aromatic rings. The van der Waals surface area contributed by atoms with Crippen LogP contribution in [0.2, 0.25) is 0 Å². The highest BCUT2D eigenvalue weighted by molar-refractivity contribution is 9.10. The maximum Gasteiger partial charge on any atom is 0.321 e. The molecule has 98 valence electrons. The minimum atomic E-state index is -0.119. The first kappa shape index (κ1) is 13.6. The molecule has 0 heterocycles. The van der Waals surface area contributed by atoms with Gasteiger partial charge in [0.1, 0.15) is 0 Å². The number of anilines is 1. The first-order valence-corrected chi connectivity index (χ1v) is 6.76. The lowest BCUT2D eigenvalue weighted by Crippen LogP contribution is -2.30. The van der Waals surface area contributed by atoms with Gasteiger partial charge in [0.2, 0.25) is 0 Å². The van der Waals surface area contributed by atoms with E-state index in [9.17, 15) is 4.79 Å². The van der Waals surface area contributed by atoms with Gasteiger partial charge < -0.3 is 10.2 Å². The maximum atomic E-state index is 12.0. The van der Waals surface area contributed by atoms with Gasteiger partial charge in [0.05, 0.1) is 0 Å². The highest BCUT2D eigenvalue weighted by atomic mass is 79.9. The molecule has 1 N–H and O–H groups in total. The van der Waals surface area contributed by atoms with Crippen molar-refractivity contribution in [3.63, 3.8) is 0 Å². The van der Waals surface area contributed by atoms with Crippen molar-refractivity contribution in [1.29, 1.82) is 0 Å². The summed E-state index contributed by atoms with van der Waals surface area (Å²) in [5.41, 5.74) is 1.89. The summed E-state index contributed by atoms with van der Waals surface area (Å²) in [6, 6.07) is 17.3. The van der Waals surface area contributed by atoms with Crippen molar-refractivity contribution < 1.29 is 4.79 Å². The topological polar surface area (TPSA) is 32.3 Å². The fourth-order valence-electron chi connectivity index (χ4n) is 1.68. The number of halogens is 1. The summed E-state index contributed by atoms with van der Waals surface area (Å²) >= 11 is 3.36. The number of nitrogens with zero attached hydrogens (tertiary/aromatic N) is 1. The van der Waals surface area contributed by atoms with Gasteiger partial charge in [0, 0.05) is 23.8 Å². The Morgan fingerprint density at radius 3 is 2.37 bits per heavy atom. The first-order chi connectivity index (χ1) is 9.15. The predicted octanol–water partition coefficient (Wildman–Crippen LogP) is 4.11. The van der Waals surface area contributed by atoms with E-state index in [1.165, 1.54) is 0 Å². The average Bonchev–Trinajstić information content (AvgIpc) is 2.42. The Morgan fingerprint density at radius 2 is 1.74 bits per heavy atom. The molecular formula is C15H15BrN2O. The number of rotatable bonds is 3. The van der Waals surface area contributed by atoms with Crippen molar-refractivity contribution in [3.05, 3.63) is 64.6 Å². The number of carbonyl (C=O) groups is 1. The van der Waals surface area contributed by atoms with Crippen molar-refractivity contribution in [3.8, 4) is 0 Å². The largest absolute Gasteiger partial charge is 0.323 e. The van der Waals surface area contributed by atoms with Gasteiger partial charge in [0.15, 0.2) is 0 Å². The van der Waals surface area contributed by atoms with Gasteiger partial charge in [-0.15, -0.1) is 0 Å². The minimum absolute atomic E-state index is 0.119. The number of nitrogens with one attached hydrogen (secondary N) is 1. The average molecular weight is 319 g/mol. The molecule has 0 saturated heterocycles. The minimum Gasteiger partial charge on any atom is -0.323 e. The molecule has 2 amide bonds. The number of hydrogen-bond donors (Lipinski definition) is 1. The zero-order chi connectivity index (χ0) is 13.7. The van der Waals surface area contributed by atoms with Crippen LogP contribution in [0.25, 0.3) is 0 Å². The van der Waals surface area contributed by atoms with Crippen LogP contribution in [0, 0.1) is 0 Å². The van der Waals surface area contributed by atoms with Crippen LogP contribution < -0.4 is 5.32 Å². The van der Waals surface area contributed by atoms with Crippen molar-refractivity contribution >= 4 is 27.6 Å². The standard InChI is InChI=1S/C15H15BrN2O/c1-18(11-12-5-3-2-4-6-12)15(19)17-14-9-7-13(16)8-10-14/h2-10H,11H2,1H3,(H,17,19). The van der Waals surface area contributed by atoms with E-state index in [1.54, 1.807) is 11.9 Å². The molecular weight excluding hydrogens is 304 g/mol. The Labute approximate surface area is 121 Å². The summed E-state index contributed by atoms with van der Waals surface area (Å²) in [6.45, 7) is 0.587. The van der Waals surface area contributed by atoms with E-state index in [-0.39, 0.29) is 6.03 Å². The number of amides is 2. The molecule has 0 atom stereocenters. The van der Waals surface area contributed by atoms with Crippen LogP contribution in [-0.2, 0) is 6.54 Å². The third kappa shape index (κ3) is 4.10. The van der Waals surface area contributed by atoms with Crippen LogP contribution in [0.1, 0.15) is 5.56 Å². The molecule has 4 heteroatoms. The van der Waals surface area contributed by atoms with Crippen LogP contribution in [0.15, 0.2) is 59.1 Å². The van der Waals surface area contributed by atoms with Gasteiger partial charge in [-0.1, -0.05) is 46.3 Å². The van der Waals surface area contributed by atoms with Gasteiger partial charge in [-0.25, -0.2) is 4.79 Å². The Balaban J connectivity index is 1.94. The molecule has 0 bridgehead atoms. The second-order valence-corrected chi connectivity index (χ2v) is 5.19. The molecule has 0 radical (unpaired) electrons. The smallest absolute Gasteiger partial charge is 0.321 e. The third-order valence-corrected chi connectivity index (χ3v) is 3.23. The summed E-state index contributed by atoms with van der Waals surface area (Å²) in [5.74, 6) is 0. The second-order valence-electron chi connectivity index (χ2n) is 4.28. The molecule has 0 aliphatic heterocycles. The number of hydrogen-bond acceptors (Lipinski definition) is 1. The van der Waals surface area contributed by atoms with E-state index in [1.807, 2.05) is 54.6 Å². The fraction of sp³-hybridized carbons (Fsp3) is 0.133. The SMILES string of the molecule is CN(Cc1ccccc1)C(=O)Nc1ccc(Br)cc1. The second kappa shape index (κ2) is 6.38. The molecule has 0 aliphatic carbocycles. The fourth-order valence-corrected chi connectivity index (χ4v) is 1.95. The van der Waals surface area contributed by atoms with Gasteiger partial charge in [0.25, 0.3) is 0 Å². The van der Waals surface area contributed by atoms with Gasteiger partial charge >= 0.3 is 6.03 Å². The van der Waals surface area contributed by atoms with E-state index >= 15 is 0 Å². The number of benzene rings is 2. The molecule has 3 nitrogen and oxygen atoms in total. The van der Waals surface area contributed by atoms with E-state index in [4.69, 9.17) is 0 Å². The van der Waals surface area contributed by atoms with E-state index in [2.05, 4.69) is 21.2 Å². The predicted molar refractivity (Wildman–Crippen MR) is 81.1 cm³/mol. The Hall–Kier alpha value is -1.81. The van der Waals surface area contributed by atoms with Gasteiger partial charge in [-0.3, -0.25) is 0 Å². The zero-order valence-corrected chi connectivity index (χ0v) is 12.2. The third-order valence-electron chi connectivity index (χ3n) is 2.70. The Morgan fingerprint density at radius 1 is 1.11 bits per heavy atom. The lowest BCUT2D eigenvalue weighted by atomic mass is 10.2. The molecule has 0 fully saturated rings. The molecule has 2 aromatic carbocycles. The molecule has 0 unspecified atom stereocenters. The lowest BCUT2D eigenvalue weighted by molar-refractivity contribution is 0.220. The number of urea groups is 1. The molecule has 0 aliphatic rings. The molecule has 0 aromatic heterocycles. The summed E-state index contributed by atoms with van der Waals surface area (Å²) in [6.07, 6.45) is 0. The van der Waals surface area contributed by atoms with E-state index < -0.39 is 0 Å². The lowest BCUT2D eigenvalue weighted by Gasteiger charge is -2.18. The Bertz CT molecular complexity index is 540. The first-order valence-electron chi connectivity index (χ1n) is 5.97. The van der Waals surface area contributed by atoms with Gasteiger partial charge in [-0.05, 0) is 29.8 Å². The maximum absolute atomic E-state index is 12.0. The normalized spacial score (nSPS) is 10.0. The van der Waals surface area contributed by atoms with Crippen LogP contribution in [0.4, 0.5) is 10.5 Å². The van der Waals surface area contributed by atoms with Crippen molar-refractivity contribution in [2.45, 2.75) is 6.54 Å². The molecule has 19 heavy (non-hydrogen) atoms. The molecule has 2 rings (SSSR count). The van der Waals surface area contributed by atoms with Crippen LogP contribution in [0.5, 0.6) is 0 Å². The monoisotopic (exact) mass is 318 g/mol. The van der Waals surface area contributed by atoms with Crippen LogP contribution in [-0.4, -0.2) is 18.0 Å². The Kier molecular flexibility index (Phi) is 4.58. The van der Waals surface area contributed by atoms with E-state index in [0.29, 0.717) is 6.54 Å². The summed E-state index contributed by atoms with van der Waals surface area (Å²) in [4.78, 5) is 13.7.